The highest BCUT2D eigenvalue weighted by atomic mass is 16.4. The molecule has 0 N–H and O–H groups in total. The molecule has 6 nitrogen and oxygen atoms in total. The van der Waals surface area contributed by atoms with Crippen LogP contribution in [0.4, 0.5) is 0 Å². The Balaban J connectivity index is 1.95. The summed E-state index contributed by atoms with van der Waals surface area (Å²) in [5.41, 5.74) is 0.258. The molecule has 108 valence electrons. The number of aromatic nitrogens is 2. The van der Waals surface area contributed by atoms with Crippen molar-refractivity contribution in [1.82, 2.24) is 0 Å². The Kier molecular flexibility index (Phi) is 4.61. The van der Waals surface area contributed by atoms with Crippen molar-refractivity contribution in [3.8, 4) is 0 Å². The van der Waals surface area contributed by atoms with Gasteiger partial charge in [-0.2, -0.15) is 0 Å². The standard InChI is InChI=1S/C15H14N2O4/c18-14(19)12-4-1-6-16(10-12)8-3-9-17-7-2-5-13(11-17)15(20)21/h1-2,4-7,10-11H,3,8-9H2. The number of hydrogen-bond acceptors (Lipinski definition) is 4. The Bertz CT molecular complexity index is 613. The maximum atomic E-state index is 10.8. The molecule has 0 saturated heterocycles. The first-order chi connectivity index (χ1) is 10.1. The minimum absolute atomic E-state index is 0.129. The minimum atomic E-state index is -1.21. The van der Waals surface area contributed by atoms with Gasteiger partial charge in [0.2, 0.25) is 0 Å². The van der Waals surface area contributed by atoms with E-state index in [0.717, 1.165) is 6.42 Å². The molecule has 0 atom stereocenters. The van der Waals surface area contributed by atoms with Crippen LogP contribution in [0.5, 0.6) is 0 Å². The van der Waals surface area contributed by atoms with E-state index in [4.69, 9.17) is 0 Å². The quantitative estimate of drug-likeness (QED) is 0.579. The van der Waals surface area contributed by atoms with Crippen molar-refractivity contribution < 1.29 is 28.9 Å². The average molecular weight is 286 g/mol. The summed E-state index contributed by atoms with van der Waals surface area (Å²) in [6, 6.07) is 6.25. The molecule has 2 heterocycles. The van der Waals surface area contributed by atoms with Crippen LogP contribution in [0.2, 0.25) is 0 Å². The van der Waals surface area contributed by atoms with Crippen LogP contribution in [0.3, 0.4) is 0 Å². The topological polar surface area (TPSA) is 88.0 Å². The molecule has 0 aliphatic carbocycles. The number of aryl methyl sites for hydroxylation is 2. The molecule has 0 bridgehead atoms. The first kappa shape index (κ1) is 14.6. The third kappa shape index (κ3) is 4.10. The average Bonchev–Trinajstić information content (AvgIpc) is 2.48. The molecular formula is C15H14N2O4. The van der Waals surface area contributed by atoms with E-state index in [1.165, 1.54) is 24.5 Å². The highest BCUT2D eigenvalue weighted by molar-refractivity contribution is 5.85. The fraction of sp³-hybridized carbons (Fsp3) is 0.200. The predicted molar refractivity (Wildman–Crippen MR) is 66.6 cm³/mol. The van der Waals surface area contributed by atoms with Gasteiger partial charge in [-0.05, 0) is 12.1 Å². The van der Waals surface area contributed by atoms with E-state index in [9.17, 15) is 19.8 Å². The molecule has 0 radical (unpaired) electrons. The van der Waals surface area contributed by atoms with Gasteiger partial charge in [-0.15, -0.1) is 0 Å². The Labute approximate surface area is 121 Å². The summed E-state index contributed by atoms with van der Waals surface area (Å²) in [5, 5.41) is 21.5. The van der Waals surface area contributed by atoms with Crippen molar-refractivity contribution in [2.24, 2.45) is 0 Å². The van der Waals surface area contributed by atoms with E-state index < -0.39 is 11.9 Å². The van der Waals surface area contributed by atoms with Crippen LogP contribution in [0.25, 0.3) is 0 Å². The van der Waals surface area contributed by atoms with Gasteiger partial charge in [0.15, 0.2) is 37.9 Å². The van der Waals surface area contributed by atoms with Crippen LogP contribution in [-0.4, -0.2) is 11.9 Å². The fourth-order valence-corrected chi connectivity index (χ4v) is 2.00. The van der Waals surface area contributed by atoms with E-state index >= 15 is 0 Å². The first-order valence-electron chi connectivity index (χ1n) is 6.47. The number of nitrogens with zero attached hydrogens (tertiary/aromatic N) is 2. The first-order valence-corrected chi connectivity index (χ1v) is 6.47. The van der Waals surface area contributed by atoms with Gasteiger partial charge < -0.3 is 19.8 Å². The SMILES string of the molecule is O=C([O-])c1ccc[n+](CCC[n+]2cccc(C(=O)[O-])c2)c1. The Morgan fingerprint density at radius 1 is 0.857 bits per heavy atom. The molecule has 0 fully saturated rings. The minimum Gasteiger partial charge on any atom is -0.545 e. The number of carboxylic acids is 2. The number of carboxylic acid groups (broad SMARTS) is 2. The zero-order valence-electron chi connectivity index (χ0n) is 11.3. The lowest BCUT2D eigenvalue weighted by atomic mass is 10.2. The van der Waals surface area contributed by atoms with Crippen molar-refractivity contribution in [1.29, 1.82) is 0 Å². The zero-order chi connectivity index (χ0) is 15.2. The largest absolute Gasteiger partial charge is 0.545 e. The molecule has 0 saturated carbocycles. The highest BCUT2D eigenvalue weighted by Crippen LogP contribution is 1.94. The van der Waals surface area contributed by atoms with E-state index in [1.807, 2.05) is 0 Å². The van der Waals surface area contributed by atoms with Crippen molar-refractivity contribution in [2.45, 2.75) is 19.5 Å². The number of aromatic carboxylic acids is 2. The zero-order valence-corrected chi connectivity index (χ0v) is 11.3. The van der Waals surface area contributed by atoms with Gasteiger partial charge >= 0.3 is 0 Å². The van der Waals surface area contributed by atoms with Gasteiger partial charge in [0.25, 0.3) is 0 Å². The molecule has 2 aromatic heterocycles. The van der Waals surface area contributed by atoms with E-state index in [1.54, 1.807) is 33.7 Å². The van der Waals surface area contributed by atoms with Gasteiger partial charge in [0.1, 0.15) is 0 Å². The number of carbonyl (C=O) groups is 2. The molecule has 0 spiro atoms. The Morgan fingerprint density at radius 3 is 1.67 bits per heavy atom. The van der Waals surface area contributed by atoms with Gasteiger partial charge in [-0.3, -0.25) is 0 Å². The molecule has 6 heteroatoms. The molecule has 0 amide bonds. The number of rotatable bonds is 6. The summed E-state index contributed by atoms with van der Waals surface area (Å²) in [4.78, 5) is 21.5. The van der Waals surface area contributed by atoms with Gasteiger partial charge in [-0.25, -0.2) is 9.13 Å². The van der Waals surface area contributed by atoms with Crippen LogP contribution in [0.15, 0.2) is 49.1 Å². The summed E-state index contributed by atoms with van der Waals surface area (Å²) in [5.74, 6) is -2.42. The molecule has 0 unspecified atom stereocenters. The maximum Gasteiger partial charge on any atom is 0.177 e. The lowest BCUT2D eigenvalue weighted by Gasteiger charge is -2.02. The van der Waals surface area contributed by atoms with Crippen molar-refractivity contribution >= 4 is 11.9 Å². The smallest absolute Gasteiger partial charge is 0.177 e. The number of hydrogen-bond donors (Lipinski definition) is 0. The second-order valence-corrected chi connectivity index (χ2v) is 4.59. The van der Waals surface area contributed by atoms with Crippen LogP contribution in [0, 0.1) is 0 Å². The van der Waals surface area contributed by atoms with E-state index in [2.05, 4.69) is 0 Å². The third-order valence-electron chi connectivity index (χ3n) is 3.02. The van der Waals surface area contributed by atoms with Gasteiger partial charge in [-0.1, -0.05) is 0 Å². The second kappa shape index (κ2) is 6.60. The van der Waals surface area contributed by atoms with Crippen LogP contribution >= 0.6 is 0 Å². The molecule has 2 aromatic rings. The highest BCUT2D eigenvalue weighted by Gasteiger charge is 2.07. The van der Waals surface area contributed by atoms with E-state index in [0.29, 0.717) is 13.1 Å². The molecule has 21 heavy (non-hydrogen) atoms. The number of pyridine rings is 2. The summed E-state index contributed by atoms with van der Waals surface area (Å²) < 4.78 is 3.52. The Hall–Kier alpha value is -2.76. The molecule has 0 aliphatic heterocycles. The molecule has 2 rings (SSSR count). The van der Waals surface area contributed by atoms with Crippen molar-refractivity contribution in [3.63, 3.8) is 0 Å². The van der Waals surface area contributed by atoms with Crippen LogP contribution in [-0.2, 0) is 13.1 Å². The molecule has 0 aromatic carbocycles. The summed E-state index contributed by atoms with van der Waals surface area (Å²) in [6.45, 7) is 1.23. The lowest BCUT2D eigenvalue weighted by molar-refractivity contribution is -0.727. The predicted octanol–water partition coefficient (Wildman–Crippen LogP) is -1.92. The molecular weight excluding hydrogens is 272 g/mol. The fourth-order valence-electron chi connectivity index (χ4n) is 2.00. The summed E-state index contributed by atoms with van der Waals surface area (Å²) in [7, 11) is 0. The molecule has 0 aliphatic rings. The number of carbonyl (C=O) groups excluding carboxylic acids is 2. The lowest BCUT2D eigenvalue weighted by Crippen LogP contribution is -2.40. The summed E-state index contributed by atoms with van der Waals surface area (Å²) in [6.07, 6.45) is 7.29. The normalized spacial score (nSPS) is 10.3. The van der Waals surface area contributed by atoms with Crippen LogP contribution in [0.1, 0.15) is 27.1 Å². The van der Waals surface area contributed by atoms with Crippen LogP contribution < -0.4 is 19.3 Å². The van der Waals surface area contributed by atoms with Crippen molar-refractivity contribution in [2.75, 3.05) is 0 Å². The second-order valence-electron chi connectivity index (χ2n) is 4.59. The monoisotopic (exact) mass is 286 g/mol. The van der Waals surface area contributed by atoms with Gasteiger partial charge in [0, 0.05) is 12.1 Å². The maximum absolute atomic E-state index is 10.8. The van der Waals surface area contributed by atoms with E-state index in [-0.39, 0.29) is 11.1 Å². The van der Waals surface area contributed by atoms with Gasteiger partial charge in [0.05, 0.1) is 29.5 Å². The third-order valence-corrected chi connectivity index (χ3v) is 3.02. The Morgan fingerprint density at radius 2 is 1.29 bits per heavy atom. The summed E-state index contributed by atoms with van der Waals surface area (Å²) >= 11 is 0. The van der Waals surface area contributed by atoms with Crippen molar-refractivity contribution in [3.05, 3.63) is 60.2 Å².